The third-order valence-electron chi connectivity index (χ3n) is 8.29. The number of amides is 2. The van der Waals surface area contributed by atoms with E-state index in [2.05, 4.69) is 5.32 Å². The zero-order chi connectivity index (χ0) is 26.9. The molecule has 4 atom stereocenters. The molecule has 0 bridgehead atoms. The third-order valence-corrected chi connectivity index (χ3v) is 8.29. The van der Waals surface area contributed by atoms with Crippen LogP contribution in [-0.2, 0) is 16.1 Å². The zero-order valence-electron chi connectivity index (χ0n) is 21.8. The summed E-state index contributed by atoms with van der Waals surface area (Å²) < 4.78 is 17.2. The van der Waals surface area contributed by atoms with Gasteiger partial charge in [0.05, 0.1) is 18.6 Å². The molecule has 2 aliphatic heterocycles. The van der Waals surface area contributed by atoms with Gasteiger partial charge in [-0.05, 0) is 48.6 Å². The fraction of sp³-hybridized carbons (Fsp3) is 0.467. The molecule has 3 N–H and O–H groups in total. The molecule has 2 amide bonds. The second kappa shape index (κ2) is 10.9. The molecule has 9 nitrogen and oxygen atoms in total. The van der Waals surface area contributed by atoms with Gasteiger partial charge in [0.25, 0.3) is 0 Å². The van der Waals surface area contributed by atoms with Crippen molar-refractivity contribution in [2.45, 2.75) is 62.8 Å². The van der Waals surface area contributed by atoms with Gasteiger partial charge in [0.15, 0.2) is 11.5 Å². The smallest absolute Gasteiger partial charge is 0.247 e. The minimum atomic E-state index is -1.06. The van der Waals surface area contributed by atoms with Crippen LogP contribution in [0.3, 0.4) is 0 Å². The average molecular weight is 535 g/mol. The van der Waals surface area contributed by atoms with Crippen LogP contribution in [0.15, 0.2) is 54.1 Å². The average Bonchev–Trinajstić information content (AvgIpc) is 3.71. The number of hydrogen-bond acceptors (Lipinski definition) is 7. The van der Waals surface area contributed by atoms with Crippen molar-refractivity contribution in [1.29, 1.82) is 0 Å². The van der Waals surface area contributed by atoms with E-state index in [9.17, 15) is 19.8 Å². The lowest BCUT2D eigenvalue weighted by molar-refractivity contribution is -0.139. The number of benzene rings is 2. The standard InChI is InChI=1S/C30H34N2O7/c33-12-11-31-30(36)21-15-22(28(35)29-27(21)20-7-3-4-8-23(20)39-29)32(26(34)14-18-5-1-2-6-18)16-19-9-10-24-25(13-19)38-17-37-24/h3-4,7-10,13,15,18,22,27-29,33,35H,1-2,5-6,11-12,14,16-17H2,(H,31,36). The van der Waals surface area contributed by atoms with Gasteiger partial charge in [-0.25, -0.2) is 0 Å². The number of nitrogens with zero attached hydrogens (tertiary/aromatic N) is 1. The maximum absolute atomic E-state index is 13.9. The summed E-state index contributed by atoms with van der Waals surface area (Å²) in [6.07, 6.45) is 4.61. The highest BCUT2D eigenvalue weighted by Gasteiger charge is 2.50. The van der Waals surface area contributed by atoms with Crippen LogP contribution in [0.1, 0.15) is 49.1 Å². The van der Waals surface area contributed by atoms with Crippen LogP contribution < -0.4 is 19.5 Å². The Hall–Kier alpha value is -3.56. The molecule has 1 fully saturated rings. The van der Waals surface area contributed by atoms with Gasteiger partial charge >= 0.3 is 0 Å². The van der Waals surface area contributed by atoms with Crippen LogP contribution in [0.2, 0.25) is 0 Å². The fourth-order valence-electron chi connectivity index (χ4n) is 6.37. The fourth-order valence-corrected chi connectivity index (χ4v) is 6.37. The van der Waals surface area contributed by atoms with Crippen molar-refractivity contribution in [2.75, 3.05) is 19.9 Å². The summed E-state index contributed by atoms with van der Waals surface area (Å²) >= 11 is 0. The Bertz CT molecular complexity index is 1270. The van der Waals surface area contributed by atoms with E-state index < -0.39 is 24.2 Å². The number of fused-ring (bicyclic) bond motifs is 4. The lowest BCUT2D eigenvalue weighted by Crippen LogP contribution is -2.55. The quantitative estimate of drug-likeness (QED) is 0.477. The third kappa shape index (κ3) is 4.96. The number of carbonyl (C=O) groups excluding carboxylic acids is 2. The number of aliphatic hydroxyl groups is 2. The first-order valence-corrected chi connectivity index (χ1v) is 13.8. The van der Waals surface area contributed by atoms with Crippen LogP contribution in [0.5, 0.6) is 17.2 Å². The van der Waals surface area contributed by atoms with Crippen molar-refractivity contribution in [3.63, 3.8) is 0 Å². The number of carbonyl (C=O) groups is 2. The van der Waals surface area contributed by atoms with Crippen LogP contribution in [0, 0.1) is 5.92 Å². The number of ether oxygens (including phenoxy) is 3. The largest absolute Gasteiger partial charge is 0.486 e. The Balaban J connectivity index is 1.37. The molecule has 39 heavy (non-hydrogen) atoms. The summed E-state index contributed by atoms with van der Waals surface area (Å²) in [7, 11) is 0. The molecule has 1 saturated carbocycles. The molecule has 2 aromatic rings. The Morgan fingerprint density at radius 3 is 2.64 bits per heavy atom. The van der Waals surface area contributed by atoms with Crippen molar-refractivity contribution < 1.29 is 34.0 Å². The van der Waals surface area contributed by atoms with Gasteiger partial charge in [0, 0.05) is 30.6 Å². The van der Waals surface area contributed by atoms with E-state index in [-0.39, 0.29) is 38.3 Å². The summed E-state index contributed by atoms with van der Waals surface area (Å²) in [5.74, 6) is 1.31. The zero-order valence-corrected chi connectivity index (χ0v) is 21.8. The van der Waals surface area contributed by atoms with E-state index in [1.54, 1.807) is 11.0 Å². The van der Waals surface area contributed by atoms with E-state index >= 15 is 0 Å². The van der Waals surface area contributed by atoms with Crippen LogP contribution in [0.25, 0.3) is 0 Å². The predicted octanol–water partition coefficient (Wildman–Crippen LogP) is 2.65. The summed E-state index contributed by atoms with van der Waals surface area (Å²) in [5, 5.41) is 23.8. The normalized spacial score (nSPS) is 24.9. The van der Waals surface area contributed by atoms with Gasteiger partial charge < -0.3 is 34.6 Å². The van der Waals surface area contributed by atoms with Crippen molar-refractivity contribution >= 4 is 11.8 Å². The van der Waals surface area contributed by atoms with Crippen molar-refractivity contribution in [3.8, 4) is 17.2 Å². The first kappa shape index (κ1) is 25.7. The van der Waals surface area contributed by atoms with Crippen molar-refractivity contribution in [3.05, 3.63) is 65.2 Å². The molecule has 2 heterocycles. The molecule has 0 aromatic heterocycles. The van der Waals surface area contributed by atoms with Gasteiger partial charge in [-0.1, -0.05) is 37.1 Å². The molecule has 4 unspecified atom stereocenters. The second-order valence-electron chi connectivity index (χ2n) is 10.7. The molecule has 9 heteroatoms. The monoisotopic (exact) mass is 534 g/mol. The maximum Gasteiger partial charge on any atom is 0.247 e. The molecular formula is C30H34N2O7. The van der Waals surface area contributed by atoms with Gasteiger partial charge in [-0.15, -0.1) is 0 Å². The van der Waals surface area contributed by atoms with E-state index in [1.807, 2.05) is 42.5 Å². The minimum Gasteiger partial charge on any atom is -0.486 e. The first-order chi connectivity index (χ1) is 19.0. The molecule has 4 aliphatic rings. The number of aliphatic hydroxyl groups excluding tert-OH is 2. The lowest BCUT2D eigenvalue weighted by atomic mass is 9.77. The van der Waals surface area contributed by atoms with Crippen LogP contribution >= 0.6 is 0 Å². The molecule has 0 saturated heterocycles. The Morgan fingerprint density at radius 2 is 1.82 bits per heavy atom. The summed E-state index contributed by atoms with van der Waals surface area (Å²) in [4.78, 5) is 28.9. The number of nitrogens with one attached hydrogen (secondary N) is 1. The van der Waals surface area contributed by atoms with Gasteiger partial charge in [0.1, 0.15) is 18.0 Å². The van der Waals surface area contributed by atoms with Crippen LogP contribution in [0.4, 0.5) is 0 Å². The maximum atomic E-state index is 13.9. The van der Waals surface area contributed by atoms with Crippen molar-refractivity contribution in [2.24, 2.45) is 5.92 Å². The highest BCUT2D eigenvalue weighted by atomic mass is 16.7. The SMILES string of the molecule is O=C(NCCO)C1=CC(N(Cc2ccc3c(c2)OCO3)C(=O)CC2CCCC2)C(O)C2Oc3ccccc3C12. The molecular weight excluding hydrogens is 500 g/mol. The topological polar surface area (TPSA) is 118 Å². The first-order valence-electron chi connectivity index (χ1n) is 13.8. The van der Waals surface area contributed by atoms with E-state index in [0.717, 1.165) is 36.8 Å². The van der Waals surface area contributed by atoms with Gasteiger partial charge in [0.2, 0.25) is 18.6 Å². The molecule has 206 valence electrons. The Labute approximate surface area is 227 Å². The Morgan fingerprint density at radius 1 is 1.03 bits per heavy atom. The molecule has 2 aliphatic carbocycles. The summed E-state index contributed by atoms with van der Waals surface area (Å²) in [6.45, 7) is 0.296. The van der Waals surface area contributed by atoms with Crippen molar-refractivity contribution in [1.82, 2.24) is 10.2 Å². The highest BCUT2D eigenvalue weighted by molar-refractivity contribution is 5.96. The Kier molecular flexibility index (Phi) is 7.18. The molecule has 2 aromatic carbocycles. The predicted molar refractivity (Wildman–Crippen MR) is 141 cm³/mol. The summed E-state index contributed by atoms with van der Waals surface area (Å²) in [6, 6.07) is 12.2. The van der Waals surface area contributed by atoms with Gasteiger partial charge in [-0.2, -0.15) is 0 Å². The second-order valence-corrected chi connectivity index (χ2v) is 10.7. The minimum absolute atomic E-state index is 0.0658. The van der Waals surface area contributed by atoms with Crippen LogP contribution in [-0.4, -0.2) is 65.1 Å². The number of hydrogen-bond donors (Lipinski definition) is 3. The van der Waals surface area contributed by atoms with Gasteiger partial charge in [-0.3, -0.25) is 9.59 Å². The van der Waals surface area contributed by atoms with E-state index in [1.165, 1.54) is 0 Å². The highest BCUT2D eigenvalue weighted by Crippen LogP contribution is 2.47. The lowest BCUT2D eigenvalue weighted by Gasteiger charge is -2.41. The summed E-state index contributed by atoms with van der Waals surface area (Å²) in [5.41, 5.74) is 2.09. The molecule has 6 rings (SSSR count). The van der Waals surface area contributed by atoms with E-state index in [0.29, 0.717) is 35.2 Å². The molecule has 0 spiro atoms. The van der Waals surface area contributed by atoms with E-state index in [4.69, 9.17) is 14.2 Å². The number of rotatable bonds is 8. The molecule has 0 radical (unpaired) electrons. The number of para-hydroxylation sites is 1.